The Hall–Kier alpha value is -1.76. The smallest absolute Gasteiger partial charge is 0.275 e. The quantitative estimate of drug-likeness (QED) is 0.459. The average molecular weight is 309 g/mol. The number of benzene rings is 1. The number of nitrogens with zero attached hydrogens (tertiary/aromatic N) is 1. The second kappa shape index (κ2) is 6.60. The molecule has 0 bridgehead atoms. The van der Waals surface area contributed by atoms with Crippen LogP contribution in [0.3, 0.4) is 0 Å². The molecule has 0 atom stereocenters. The number of carbonyl (C=O) groups is 1. The summed E-state index contributed by atoms with van der Waals surface area (Å²) in [4.78, 5) is 17.3. The number of nitrogen functional groups attached to an aromatic ring is 1. The van der Waals surface area contributed by atoms with Crippen LogP contribution in [-0.4, -0.2) is 17.1 Å². The molecular formula is C13H13ClN4OS. The number of carbonyl (C=O) groups excluding carboxylic acids is 1. The summed E-state index contributed by atoms with van der Waals surface area (Å²) in [6.45, 7) is 0. The van der Waals surface area contributed by atoms with Crippen LogP contribution in [0.2, 0.25) is 5.02 Å². The third-order valence-electron chi connectivity index (χ3n) is 2.56. The first-order valence-corrected chi connectivity index (χ1v) is 7.33. The highest BCUT2D eigenvalue weighted by atomic mass is 35.5. The molecule has 0 aliphatic heterocycles. The number of thioether (sulfide) groups is 1. The van der Waals surface area contributed by atoms with Crippen LogP contribution in [0.4, 0.5) is 11.5 Å². The fourth-order valence-electron chi connectivity index (χ4n) is 1.55. The molecule has 0 fully saturated rings. The van der Waals surface area contributed by atoms with Gasteiger partial charge in [-0.25, -0.2) is 10.8 Å². The van der Waals surface area contributed by atoms with Crippen LogP contribution in [0, 0.1) is 0 Å². The Kier molecular flexibility index (Phi) is 4.84. The van der Waals surface area contributed by atoms with Crippen LogP contribution in [0.15, 0.2) is 41.3 Å². The molecule has 2 rings (SSSR count). The summed E-state index contributed by atoms with van der Waals surface area (Å²) in [5, 5.41) is 3.00. The summed E-state index contributed by atoms with van der Waals surface area (Å²) in [5.41, 5.74) is 3.17. The lowest BCUT2D eigenvalue weighted by Gasteiger charge is -2.08. The Morgan fingerprint density at radius 3 is 2.55 bits per heavy atom. The summed E-state index contributed by atoms with van der Waals surface area (Å²) >= 11 is 7.60. The summed E-state index contributed by atoms with van der Waals surface area (Å²) < 4.78 is 0. The molecule has 1 aromatic heterocycles. The molecular weight excluding hydrogens is 296 g/mol. The van der Waals surface area contributed by atoms with E-state index in [9.17, 15) is 4.79 Å². The molecule has 0 unspecified atom stereocenters. The Morgan fingerprint density at radius 1 is 1.25 bits per heavy atom. The Bertz CT molecular complexity index is 618. The molecule has 0 aliphatic carbocycles. The SMILES string of the molecule is CSc1ccc(NC(=O)c2nc(NN)ccc2Cl)cc1. The lowest BCUT2D eigenvalue weighted by Crippen LogP contribution is -2.16. The molecule has 0 aliphatic rings. The predicted octanol–water partition coefficient (Wildman–Crippen LogP) is 2.99. The van der Waals surface area contributed by atoms with Gasteiger partial charge in [0.05, 0.1) is 5.02 Å². The average Bonchev–Trinajstić information content (AvgIpc) is 2.48. The van der Waals surface area contributed by atoms with E-state index in [2.05, 4.69) is 15.7 Å². The highest BCUT2D eigenvalue weighted by molar-refractivity contribution is 7.98. The van der Waals surface area contributed by atoms with E-state index >= 15 is 0 Å². The van der Waals surface area contributed by atoms with Crippen molar-refractivity contribution in [2.45, 2.75) is 4.90 Å². The van der Waals surface area contributed by atoms with Crippen LogP contribution in [0.5, 0.6) is 0 Å². The first kappa shape index (κ1) is 14.6. The zero-order chi connectivity index (χ0) is 14.5. The maximum absolute atomic E-state index is 12.1. The number of hydrogen-bond acceptors (Lipinski definition) is 5. The number of rotatable bonds is 4. The lowest BCUT2D eigenvalue weighted by atomic mass is 10.3. The van der Waals surface area contributed by atoms with Gasteiger partial charge in [0.2, 0.25) is 0 Å². The minimum Gasteiger partial charge on any atom is -0.321 e. The number of nitrogens with two attached hydrogens (primary N) is 1. The van der Waals surface area contributed by atoms with Crippen LogP contribution < -0.4 is 16.6 Å². The van der Waals surface area contributed by atoms with E-state index in [1.54, 1.807) is 23.9 Å². The van der Waals surface area contributed by atoms with Crippen molar-refractivity contribution in [2.24, 2.45) is 5.84 Å². The van der Waals surface area contributed by atoms with Gasteiger partial charge in [0.1, 0.15) is 11.5 Å². The van der Waals surface area contributed by atoms with E-state index in [0.29, 0.717) is 11.5 Å². The van der Waals surface area contributed by atoms with Crippen molar-refractivity contribution in [3.63, 3.8) is 0 Å². The molecule has 0 saturated carbocycles. The topological polar surface area (TPSA) is 80.0 Å². The Morgan fingerprint density at radius 2 is 1.95 bits per heavy atom. The molecule has 5 nitrogen and oxygen atoms in total. The van der Waals surface area contributed by atoms with Gasteiger partial charge in [-0.2, -0.15) is 0 Å². The third-order valence-corrected chi connectivity index (χ3v) is 3.61. The van der Waals surface area contributed by atoms with E-state index in [4.69, 9.17) is 17.4 Å². The first-order chi connectivity index (χ1) is 9.63. The molecule has 104 valence electrons. The summed E-state index contributed by atoms with van der Waals surface area (Å²) in [6.07, 6.45) is 1.99. The highest BCUT2D eigenvalue weighted by Gasteiger charge is 2.13. The number of aromatic nitrogens is 1. The van der Waals surface area contributed by atoms with Gasteiger partial charge < -0.3 is 10.7 Å². The van der Waals surface area contributed by atoms with Gasteiger partial charge in [-0.1, -0.05) is 11.6 Å². The van der Waals surface area contributed by atoms with Gasteiger partial charge >= 0.3 is 0 Å². The van der Waals surface area contributed by atoms with Crippen LogP contribution in [-0.2, 0) is 0 Å². The molecule has 0 radical (unpaired) electrons. The second-order valence-corrected chi connectivity index (χ2v) is 5.14. The molecule has 1 amide bonds. The molecule has 7 heteroatoms. The Balaban J connectivity index is 2.18. The first-order valence-electron chi connectivity index (χ1n) is 5.72. The van der Waals surface area contributed by atoms with Gasteiger partial charge in [0.15, 0.2) is 0 Å². The normalized spacial score (nSPS) is 10.2. The number of hydrogen-bond donors (Lipinski definition) is 3. The number of pyridine rings is 1. The van der Waals surface area contributed by atoms with Crippen molar-refractivity contribution < 1.29 is 4.79 Å². The number of nitrogens with one attached hydrogen (secondary N) is 2. The number of halogens is 1. The van der Waals surface area contributed by atoms with Crippen LogP contribution in [0.1, 0.15) is 10.5 Å². The van der Waals surface area contributed by atoms with Crippen molar-refractivity contribution in [3.8, 4) is 0 Å². The van der Waals surface area contributed by atoms with Crippen molar-refractivity contribution in [1.29, 1.82) is 0 Å². The molecule has 1 heterocycles. The summed E-state index contributed by atoms with van der Waals surface area (Å²) in [7, 11) is 0. The van der Waals surface area contributed by atoms with E-state index in [0.717, 1.165) is 4.90 Å². The fraction of sp³-hybridized carbons (Fsp3) is 0.0769. The van der Waals surface area contributed by atoms with Crippen molar-refractivity contribution in [1.82, 2.24) is 4.98 Å². The minimum atomic E-state index is -0.385. The third kappa shape index (κ3) is 3.41. The summed E-state index contributed by atoms with van der Waals surface area (Å²) in [6, 6.07) is 10.6. The molecule has 1 aromatic carbocycles. The molecule has 0 saturated heterocycles. The fourth-order valence-corrected chi connectivity index (χ4v) is 2.15. The monoisotopic (exact) mass is 308 g/mol. The van der Waals surface area contributed by atoms with E-state index in [1.807, 2.05) is 30.5 Å². The highest BCUT2D eigenvalue weighted by Crippen LogP contribution is 2.20. The molecule has 2 aromatic rings. The van der Waals surface area contributed by atoms with Gasteiger partial charge in [-0.05, 0) is 42.7 Å². The van der Waals surface area contributed by atoms with Crippen molar-refractivity contribution in [3.05, 3.63) is 47.1 Å². The minimum absolute atomic E-state index is 0.121. The van der Waals surface area contributed by atoms with Gasteiger partial charge in [-0.3, -0.25) is 4.79 Å². The van der Waals surface area contributed by atoms with Crippen molar-refractivity contribution in [2.75, 3.05) is 17.0 Å². The largest absolute Gasteiger partial charge is 0.321 e. The second-order valence-electron chi connectivity index (χ2n) is 3.85. The molecule has 4 N–H and O–H groups in total. The van der Waals surface area contributed by atoms with Crippen LogP contribution in [0.25, 0.3) is 0 Å². The molecule has 0 spiro atoms. The van der Waals surface area contributed by atoms with Gasteiger partial charge in [0.25, 0.3) is 5.91 Å². The lowest BCUT2D eigenvalue weighted by molar-refractivity contribution is 0.102. The standard InChI is InChI=1S/C13H13ClN4OS/c1-20-9-4-2-8(3-5-9)16-13(19)12-10(14)6-7-11(17-12)18-15/h2-7H,15H2,1H3,(H,16,19)(H,17,18). The maximum Gasteiger partial charge on any atom is 0.275 e. The predicted molar refractivity (Wildman–Crippen MR) is 83.2 cm³/mol. The van der Waals surface area contributed by atoms with Crippen LogP contribution >= 0.6 is 23.4 Å². The zero-order valence-corrected chi connectivity index (χ0v) is 12.3. The van der Waals surface area contributed by atoms with Gasteiger partial charge in [0, 0.05) is 10.6 Å². The number of hydrazine groups is 1. The zero-order valence-electron chi connectivity index (χ0n) is 10.7. The van der Waals surface area contributed by atoms with E-state index < -0.39 is 0 Å². The number of anilines is 2. The molecule has 20 heavy (non-hydrogen) atoms. The number of amides is 1. The Labute approximate surface area is 125 Å². The van der Waals surface area contributed by atoms with E-state index in [-0.39, 0.29) is 16.6 Å². The maximum atomic E-state index is 12.1. The van der Waals surface area contributed by atoms with E-state index in [1.165, 1.54) is 0 Å². The van der Waals surface area contributed by atoms with Crippen molar-refractivity contribution >= 4 is 40.8 Å². The summed E-state index contributed by atoms with van der Waals surface area (Å²) in [5.74, 6) is 5.25. The van der Waals surface area contributed by atoms with Gasteiger partial charge in [-0.15, -0.1) is 11.8 Å².